The zero-order valence-corrected chi connectivity index (χ0v) is 13.6. The third kappa shape index (κ3) is 4.69. The molecular weight excluding hydrogens is 274 g/mol. The van der Waals surface area contributed by atoms with Gasteiger partial charge in [0.05, 0.1) is 0 Å². The van der Waals surface area contributed by atoms with E-state index in [1.165, 1.54) is 0 Å². The third-order valence-electron chi connectivity index (χ3n) is 4.35. The molecule has 2 unspecified atom stereocenters. The van der Waals surface area contributed by atoms with Crippen molar-refractivity contribution in [3.63, 3.8) is 0 Å². The fourth-order valence-corrected chi connectivity index (χ4v) is 4.48. The van der Waals surface area contributed by atoms with Gasteiger partial charge in [-0.15, -0.1) is 0 Å². The summed E-state index contributed by atoms with van der Waals surface area (Å²) in [5.74, 6) is 1.000. The number of rotatable bonds is 8. The van der Waals surface area contributed by atoms with Gasteiger partial charge in [-0.1, -0.05) is 6.92 Å². The molecule has 2 N–H and O–H groups in total. The molecule has 1 saturated carbocycles. The van der Waals surface area contributed by atoms with Crippen LogP contribution >= 0.6 is 0 Å². The molecule has 0 spiro atoms. The molecule has 2 atom stereocenters. The van der Waals surface area contributed by atoms with Gasteiger partial charge in [-0.2, -0.15) is 17.4 Å². The molecule has 20 heavy (non-hydrogen) atoms. The lowest BCUT2D eigenvalue weighted by molar-refractivity contribution is 0.256. The SMILES string of the molecule is CCCNCC1CCCN(S(=O)(=O)NC(C)C2CC2)C1. The van der Waals surface area contributed by atoms with E-state index in [4.69, 9.17) is 0 Å². The minimum absolute atomic E-state index is 0.0820. The number of nitrogens with one attached hydrogen (secondary N) is 2. The zero-order chi connectivity index (χ0) is 14.6. The van der Waals surface area contributed by atoms with Gasteiger partial charge in [-0.05, 0) is 64.0 Å². The van der Waals surface area contributed by atoms with Crippen LogP contribution in [0.5, 0.6) is 0 Å². The lowest BCUT2D eigenvalue weighted by atomic mass is 10.00. The first kappa shape index (κ1) is 16.2. The second kappa shape index (κ2) is 7.20. The van der Waals surface area contributed by atoms with E-state index in [-0.39, 0.29) is 6.04 Å². The summed E-state index contributed by atoms with van der Waals surface area (Å²) in [6.07, 6.45) is 5.54. The van der Waals surface area contributed by atoms with E-state index in [0.29, 0.717) is 24.9 Å². The molecular formula is C14H29N3O2S. The van der Waals surface area contributed by atoms with Crippen LogP contribution < -0.4 is 10.0 Å². The molecule has 0 aromatic rings. The quantitative estimate of drug-likeness (QED) is 0.665. The third-order valence-corrected chi connectivity index (χ3v) is 6.03. The number of nitrogens with zero attached hydrogens (tertiary/aromatic N) is 1. The standard InChI is InChI=1S/C14H29N3O2S/c1-3-8-15-10-13-5-4-9-17(11-13)20(18,19)16-12(2)14-6-7-14/h12-16H,3-11H2,1-2H3. The molecule has 5 nitrogen and oxygen atoms in total. The van der Waals surface area contributed by atoms with Crippen LogP contribution in [0.1, 0.15) is 46.0 Å². The van der Waals surface area contributed by atoms with Crippen LogP contribution in [0.2, 0.25) is 0 Å². The van der Waals surface area contributed by atoms with Crippen molar-refractivity contribution in [3.8, 4) is 0 Å². The maximum absolute atomic E-state index is 12.4. The molecule has 0 radical (unpaired) electrons. The van der Waals surface area contributed by atoms with Gasteiger partial charge in [0.15, 0.2) is 0 Å². The molecule has 0 amide bonds. The summed E-state index contributed by atoms with van der Waals surface area (Å²) < 4.78 is 29.3. The van der Waals surface area contributed by atoms with Crippen LogP contribution in [-0.2, 0) is 10.2 Å². The predicted molar refractivity (Wildman–Crippen MR) is 81.7 cm³/mol. The Morgan fingerprint density at radius 3 is 2.70 bits per heavy atom. The maximum Gasteiger partial charge on any atom is 0.279 e. The second-order valence-corrected chi connectivity index (χ2v) is 8.02. The fraction of sp³-hybridized carbons (Fsp3) is 1.00. The summed E-state index contributed by atoms with van der Waals surface area (Å²) in [7, 11) is -3.30. The van der Waals surface area contributed by atoms with Gasteiger partial charge >= 0.3 is 0 Å². The van der Waals surface area contributed by atoms with Crippen molar-refractivity contribution in [3.05, 3.63) is 0 Å². The molecule has 0 aromatic heterocycles. The summed E-state index contributed by atoms with van der Waals surface area (Å²) in [4.78, 5) is 0. The van der Waals surface area contributed by atoms with Gasteiger partial charge in [0.25, 0.3) is 10.2 Å². The Bertz CT molecular complexity index is 395. The maximum atomic E-state index is 12.4. The van der Waals surface area contributed by atoms with Crippen LogP contribution in [-0.4, -0.2) is 44.9 Å². The van der Waals surface area contributed by atoms with Crippen LogP contribution in [0, 0.1) is 11.8 Å². The highest BCUT2D eigenvalue weighted by Gasteiger charge is 2.34. The van der Waals surface area contributed by atoms with Crippen molar-refractivity contribution in [2.75, 3.05) is 26.2 Å². The van der Waals surface area contributed by atoms with E-state index in [9.17, 15) is 8.42 Å². The molecule has 2 aliphatic rings. The molecule has 6 heteroatoms. The topological polar surface area (TPSA) is 61.4 Å². The first-order valence-corrected chi connectivity index (χ1v) is 9.45. The summed E-state index contributed by atoms with van der Waals surface area (Å²) in [5.41, 5.74) is 0. The molecule has 118 valence electrons. The van der Waals surface area contributed by atoms with Gasteiger partial charge in [0.2, 0.25) is 0 Å². The van der Waals surface area contributed by atoms with E-state index in [2.05, 4.69) is 17.0 Å². The summed E-state index contributed by atoms with van der Waals surface area (Å²) in [5, 5.41) is 3.40. The van der Waals surface area contributed by atoms with Gasteiger partial charge < -0.3 is 5.32 Å². The van der Waals surface area contributed by atoms with Crippen LogP contribution in [0.3, 0.4) is 0 Å². The highest BCUT2D eigenvalue weighted by molar-refractivity contribution is 7.87. The van der Waals surface area contributed by atoms with Crippen molar-refractivity contribution in [2.45, 2.75) is 52.0 Å². The monoisotopic (exact) mass is 303 g/mol. The Morgan fingerprint density at radius 2 is 2.05 bits per heavy atom. The fourth-order valence-electron chi connectivity index (χ4n) is 2.90. The lowest BCUT2D eigenvalue weighted by Gasteiger charge is -2.33. The van der Waals surface area contributed by atoms with Gasteiger partial charge in [-0.3, -0.25) is 0 Å². The largest absolute Gasteiger partial charge is 0.316 e. The first-order valence-electron chi connectivity index (χ1n) is 8.01. The Balaban J connectivity index is 1.83. The van der Waals surface area contributed by atoms with Crippen molar-refractivity contribution < 1.29 is 8.42 Å². The smallest absolute Gasteiger partial charge is 0.279 e. The normalized spacial score (nSPS) is 26.6. The Morgan fingerprint density at radius 1 is 1.30 bits per heavy atom. The van der Waals surface area contributed by atoms with Crippen LogP contribution in [0.4, 0.5) is 0 Å². The lowest BCUT2D eigenvalue weighted by Crippen LogP contribution is -2.50. The van der Waals surface area contributed by atoms with E-state index >= 15 is 0 Å². The average molecular weight is 303 g/mol. The van der Waals surface area contributed by atoms with Crippen molar-refractivity contribution >= 4 is 10.2 Å². The van der Waals surface area contributed by atoms with E-state index < -0.39 is 10.2 Å². The molecule has 0 aromatic carbocycles. The molecule has 1 saturated heterocycles. The van der Waals surface area contributed by atoms with E-state index in [1.807, 2.05) is 6.92 Å². The van der Waals surface area contributed by atoms with Crippen LogP contribution in [0.25, 0.3) is 0 Å². The Hall–Kier alpha value is -0.170. The minimum atomic E-state index is -3.30. The molecule has 1 aliphatic heterocycles. The van der Waals surface area contributed by atoms with Crippen molar-refractivity contribution in [1.82, 2.24) is 14.3 Å². The Labute approximate surface area is 123 Å². The average Bonchev–Trinajstić information content (AvgIpc) is 3.23. The minimum Gasteiger partial charge on any atom is -0.316 e. The van der Waals surface area contributed by atoms with Gasteiger partial charge in [-0.25, -0.2) is 0 Å². The first-order chi connectivity index (χ1) is 9.53. The summed E-state index contributed by atoms with van der Waals surface area (Å²) in [6.45, 7) is 7.39. The number of piperidine rings is 1. The van der Waals surface area contributed by atoms with Crippen LogP contribution in [0.15, 0.2) is 0 Å². The molecule has 2 fully saturated rings. The number of hydrogen-bond donors (Lipinski definition) is 2. The zero-order valence-electron chi connectivity index (χ0n) is 12.8. The molecule has 2 rings (SSSR count). The predicted octanol–water partition coefficient (Wildman–Crippen LogP) is 1.33. The molecule has 1 aliphatic carbocycles. The van der Waals surface area contributed by atoms with Crippen molar-refractivity contribution in [1.29, 1.82) is 0 Å². The second-order valence-electron chi connectivity index (χ2n) is 6.32. The summed E-state index contributed by atoms with van der Waals surface area (Å²) >= 11 is 0. The summed E-state index contributed by atoms with van der Waals surface area (Å²) in [6, 6.07) is 0.0820. The van der Waals surface area contributed by atoms with E-state index in [0.717, 1.165) is 45.2 Å². The Kier molecular flexibility index (Phi) is 5.84. The van der Waals surface area contributed by atoms with Crippen molar-refractivity contribution in [2.24, 2.45) is 11.8 Å². The van der Waals surface area contributed by atoms with Gasteiger partial charge in [0.1, 0.15) is 0 Å². The highest BCUT2D eigenvalue weighted by Crippen LogP contribution is 2.33. The molecule has 1 heterocycles. The highest BCUT2D eigenvalue weighted by atomic mass is 32.2. The van der Waals surface area contributed by atoms with E-state index in [1.54, 1.807) is 4.31 Å². The number of hydrogen-bond acceptors (Lipinski definition) is 3. The molecule has 0 bridgehead atoms. The van der Waals surface area contributed by atoms with Gasteiger partial charge in [0, 0.05) is 19.1 Å².